The van der Waals surface area contributed by atoms with Crippen LogP contribution in [0.1, 0.15) is 6.42 Å². The average molecular weight is 230 g/mol. The molecular weight excluding hydrogens is 223 g/mol. The standard InChI is InChI=1S/C6H8F3NO3S/c7-6(8,9)5-2-1-3-10(4-5)13-14(11)12/h2H,1,3-4H2,(H,11,12)/p-1. The monoisotopic (exact) mass is 230 g/mol. The molecule has 0 bridgehead atoms. The van der Waals surface area contributed by atoms with Crippen LogP contribution in [-0.4, -0.2) is 33.1 Å². The lowest BCUT2D eigenvalue weighted by molar-refractivity contribution is -0.117. The molecule has 0 saturated carbocycles. The fraction of sp³-hybridized carbons (Fsp3) is 0.667. The third-order valence-corrected chi connectivity index (χ3v) is 1.98. The molecule has 14 heavy (non-hydrogen) atoms. The van der Waals surface area contributed by atoms with Gasteiger partial charge in [-0.05, 0) is 6.42 Å². The van der Waals surface area contributed by atoms with E-state index in [1.54, 1.807) is 0 Å². The van der Waals surface area contributed by atoms with Gasteiger partial charge in [0.25, 0.3) is 0 Å². The molecular formula is C6H7F3NO3S-. The van der Waals surface area contributed by atoms with Crippen LogP contribution in [0.25, 0.3) is 0 Å². The first-order chi connectivity index (χ1) is 6.39. The van der Waals surface area contributed by atoms with Gasteiger partial charge < -0.3 is 4.55 Å². The quantitative estimate of drug-likeness (QED) is 0.522. The van der Waals surface area contributed by atoms with E-state index in [9.17, 15) is 21.9 Å². The summed E-state index contributed by atoms with van der Waals surface area (Å²) >= 11 is -2.82. The minimum Gasteiger partial charge on any atom is -0.748 e. The zero-order valence-corrected chi connectivity index (χ0v) is 7.73. The summed E-state index contributed by atoms with van der Waals surface area (Å²) in [5.41, 5.74) is -0.783. The molecule has 0 aromatic rings. The van der Waals surface area contributed by atoms with Gasteiger partial charge in [0.2, 0.25) is 0 Å². The number of hydrogen-bond acceptors (Lipinski definition) is 4. The molecule has 0 N–H and O–H groups in total. The molecule has 1 atom stereocenters. The molecule has 0 spiro atoms. The van der Waals surface area contributed by atoms with E-state index in [0.29, 0.717) is 0 Å². The molecule has 4 nitrogen and oxygen atoms in total. The van der Waals surface area contributed by atoms with Gasteiger partial charge in [0.15, 0.2) is 0 Å². The van der Waals surface area contributed by atoms with Crippen LogP contribution in [0.2, 0.25) is 0 Å². The molecule has 1 aliphatic rings. The molecule has 0 saturated heterocycles. The first-order valence-electron chi connectivity index (χ1n) is 3.68. The summed E-state index contributed by atoms with van der Waals surface area (Å²) in [5.74, 6) is 0. The van der Waals surface area contributed by atoms with E-state index < -0.39 is 29.7 Å². The van der Waals surface area contributed by atoms with Crippen LogP contribution in [0.4, 0.5) is 13.2 Å². The normalized spacial score (nSPS) is 21.9. The van der Waals surface area contributed by atoms with Gasteiger partial charge in [-0.25, -0.2) is 8.49 Å². The second-order valence-electron chi connectivity index (χ2n) is 2.66. The van der Waals surface area contributed by atoms with Crippen LogP contribution in [0, 0.1) is 0 Å². The summed E-state index contributed by atoms with van der Waals surface area (Å²) < 4.78 is 60.7. The van der Waals surface area contributed by atoms with Gasteiger partial charge in [-0.3, -0.25) is 0 Å². The highest BCUT2D eigenvalue weighted by atomic mass is 32.2. The number of nitrogens with zero attached hydrogens (tertiary/aromatic N) is 1. The van der Waals surface area contributed by atoms with Crippen molar-refractivity contribution in [2.45, 2.75) is 12.6 Å². The third-order valence-electron chi connectivity index (χ3n) is 1.65. The predicted octanol–water partition coefficient (Wildman–Crippen LogP) is 0.907. The van der Waals surface area contributed by atoms with E-state index in [2.05, 4.69) is 4.28 Å². The van der Waals surface area contributed by atoms with Gasteiger partial charge >= 0.3 is 6.18 Å². The molecule has 1 unspecified atom stereocenters. The maximum absolute atomic E-state index is 12.1. The van der Waals surface area contributed by atoms with Crippen molar-refractivity contribution in [2.24, 2.45) is 0 Å². The van der Waals surface area contributed by atoms with Crippen molar-refractivity contribution in [1.82, 2.24) is 5.06 Å². The molecule has 0 amide bonds. The lowest BCUT2D eigenvalue weighted by atomic mass is 10.1. The van der Waals surface area contributed by atoms with Gasteiger partial charge in [0.05, 0.1) is 6.54 Å². The van der Waals surface area contributed by atoms with Crippen molar-refractivity contribution in [2.75, 3.05) is 13.1 Å². The second-order valence-corrected chi connectivity index (χ2v) is 3.22. The van der Waals surface area contributed by atoms with E-state index in [-0.39, 0.29) is 13.0 Å². The lowest BCUT2D eigenvalue weighted by Gasteiger charge is -2.27. The summed E-state index contributed by atoms with van der Waals surface area (Å²) in [6, 6.07) is 0. The molecule has 8 heteroatoms. The molecule has 0 aromatic carbocycles. The van der Waals surface area contributed by atoms with Gasteiger partial charge in [0.1, 0.15) is 11.4 Å². The largest absolute Gasteiger partial charge is 0.748 e. The number of hydroxylamine groups is 2. The first kappa shape index (κ1) is 11.6. The van der Waals surface area contributed by atoms with E-state index in [1.165, 1.54) is 0 Å². The third kappa shape index (κ3) is 3.37. The van der Waals surface area contributed by atoms with Crippen molar-refractivity contribution < 1.29 is 26.2 Å². The predicted molar refractivity (Wildman–Crippen MR) is 40.3 cm³/mol. The van der Waals surface area contributed by atoms with Crippen molar-refractivity contribution in [3.63, 3.8) is 0 Å². The molecule has 1 rings (SSSR count). The number of alkyl halides is 3. The highest BCUT2D eigenvalue weighted by molar-refractivity contribution is 7.74. The van der Waals surface area contributed by atoms with Crippen molar-refractivity contribution in [1.29, 1.82) is 0 Å². The fourth-order valence-corrected chi connectivity index (χ4v) is 1.37. The van der Waals surface area contributed by atoms with Crippen LogP contribution < -0.4 is 0 Å². The summed E-state index contributed by atoms with van der Waals surface area (Å²) in [6.45, 7) is -0.426. The molecule has 82 valence electrons. The Bertz CT molecular complexity index is 266. The van der Waals surface area contributed by atoms with Crippen LogP contribution in [0.5, 0.6) is 0 Å². The van der Waals surface area contributed by atoms with E-state index in [4.69, 9.17) is 0 Å². The highest BCUT2D eigenvalue weighted by Gasteiger charge is 2.36. The lowest BCUT2D eigenvalue weighted by Crippen LogP contribution is -2.35. The minimum atomic E-state index is -4.42. The molecule has 0 aliphatic carbocycles. The second kappa shape index (κ2) is 4.39. The Morgan fingerprint density at radius 2 is 2.21 bits per heavy atom. The number of hydrogen-bond donors (Lipinski definition) is 0. The zero-order chi connectivity index (χ0) is 10.8. The van der Waals surface area contributed by atoms with Crippen LogP contribution in [-0.2, 0) is 15.6 Å². The molecule has 0 aromatic heterocycles. The van der Waals surface area contributed by atoms with Gasteiger partial charge in [-0.15, -0.1) is 0 Å². The number of rotatable bonds is 2. The Hall–Kier alpha value is -0.440. The fourth-order valence-electron chi connectivity index (χ4n) is 1.07. The van der Waals surface area contributed by atoms with Crippen molar-refractivity contribution >= 4 is 11.4 Å². The van der Waals surface area contributed by atoms with Gasteiger partial charge in [-0.2, -0.15) is 18.2 Å². The Balaban J connectivity index is 2.58. The van der Waals surface area contributed by atoms with Crippen LogP contribution >= 0.6 is 0 Å². The van der Waals surface area contributed by atoms with Crippen LogP contribution in [0.3, 0.4) is 0 Å². The average Bonchev–Trinajstić information content (AvgIpc) is 2.01. The van der Waals surface area contributed by atoms with Gasteiger partial charge in [-0.1, -0.05) is 6.08 Å². The Morgan fingerprint density at radius 1 is 1.57 bits per heavy atom. The van der Waals surface area contributed by atoms with E-state index >= 15 is 0 Å². The zero-order valence-electron chi connectivity index (χ0n) is 6.91. The molecule has 1 aliphatic heterocycles. The smallest absolute Gasteiger partial charge is 0.413 e. The maximum atomic E-state index is 12.1. The van der Waals surface area contributed by atoms with E-state index in [0.717, 1.165) is 11.1 Å². The SMILES string of the molecule is O=S([O-])ON1CCC=C(C(F)(F)F)C1. The molecule has 0 radical (unpaired) electrons. The first-order valence-corrected chi connectivity index (χ1v) is 4.68. The Kier molecular flexibility index (Phi) is 3.65. The number of halogens is 3. The minimum absolute atomic E-state index is 0.117. The van der Waals surface area contributed by atoms with Gasteiger partial charge in [0, 0.05) is 12.1 Å². The Morgan fingerprint density at radius 3 is 2.71 bits per heavy atom. The van der Waals surface area contributed by atoms with Crippen molar-refractivity contribution in [3.05, 3.63) is 11.6 Å². The maximum Gasteiger partial charge on any atom is 0.413 e. The topological polar surface area (TPSA) is 52.6 Å². The summed E-state index contributed by atoms with van der Waals surface area (Å²) in [5, 5.41) is 0.756. The van der Waals surface area contributed by atoms with Crippen molar-refractivity contribution in [3.8, 4) is 0 Å². The highest BCUT2D eigenvalue weighted by Crippen LogP contribution is 2.28. The molecule has 1 heterocycles. The summed E-state index contributed by atoms with van der Waals surface area (Å²) in [4.78, 5) is 0. The van der Waals surface area contributed by atoms with Crippen LogP contribution in [0.15, 0.2) is 11.6 Å². The summed E-state index contributed by atoms with van der Waals surface area (Å²) in [6.07, 6.45) is -3.27. The Labute approximate surface area is 80.8 Å². The summed E-state index contributed by atoms with van der Waals surface area (Å²) in [7, 11) is 0. The van der Waals surface area contributed by atoms with E-state index in [1.807, 2.05) is 0 Å². The molecule has 0 fully saturated rings.